The van der Waals surface area contributed by atoms with Gasteiger partial charge < -0.3 is 4.74 Å². The Kier molecular flexibility index (Phi) is 2.75. The molecule has 4 nitrogen and oxygen atoms in total. The quantitative estimate of drug-likeness (QED) is 0.285. The van der Waals surface area contributed by atoms with Crippen LogP contribution in [0, 0.1) is 20.4 Å². The number of hydrogen-bond donors (Lipinski definition) is 0. The molecule has 5 rings (SSSR count). The summed E-state index contributed by atoms with van der Waals surface area (Å²) in [6.07, 6.45) is 1.82. The number of benzene rings is 2. The normalized spacial score (nSPS) is 12.1. The molecular formula is C20H14N3OS+. The number of aryl methyl sites for hydroxylation is 3. The molecule has 0 aliphatic carbocycles. The van der Waals surface area contributed by atoms with Crippen molar-refractivity contribution in [3.8, 4) is 22.8 Å². The fraction of sp³-hybridized carbons (Fsp3) is 0.150. The zero-order valence-electron chi connectivity index (χ0n) is 14.0. The maximum Gasteiger partial charge on any atom is 0.288 e. The van der Waals surface area contributed by atoms with Crippen molar-refractivity contribution >= 4 is 37.3 Å². The number of aromatic nitrogens is 2. The highest BCUT2D eigenvalue weighted by Gasteiger charge is 2.34. The lowest BCUT2D eigenvalue weighted by molar-refractivity contribution is -0.662. The van der Waals surface area contributed by atoms with E-state index in [4.69, 9.17) is 11.3 Å². The molecule has 25 heavy (non-hydrogen) atoms. The Morgan fingerprint density at radius 1 is 1.12 bits per heavy atom. The molecule has 1 aliphatic rings. The van der Waals surface area contributed by atoms with Gasteiger partial charge in [-0.05, 0) is 35.2 Å². The van der Waals surface area contributed by atoms with E-state index >= 15 is 0 Å². The highest BCUT2D eigenvalue weighted by molar-refractivity contribution is 7.23. The van der Waals surface area contributed by atoms with Crippen LogP contribution in [0.15, 0.2) is 30.6 Å². The van der Waals surface area contributed by atoms with Crippen LogP contribution in [0.4, 0.5) is 5.00 Å². The zero-order chi connectivity index (χ0) is 17.3. The Hall–Kier alpha value is -2.97. The van der Waals surface area contributed by atoms with Crippen LogP contribution >= 0.6 is 11.3 Å². The molecule has 0 saturated carbocycles. The highest BCUT2D eigenvalue weighted by Crippen LogP contribution is 2.55. The minimum atomic E-state index is 0.561. The van der Waals surface area contributed by atoms with Gasteiger partial charge in [-0.2, -0.15) is 0 Å². The molecule has 0 spiro atoms. The van der Waals surface area contributed by atoms with Crippen LogP contribution in [0.5, 0.6) is 11.5 Å². The molecule has 5 heteroatoms. The Bertz CT molecular complexity index is 1260. The summed E-state index contributed by atoms with van der Waals surface area (Å²) in [5, 5.41) is 3.93. The van der Waals surface area contributed by atoms with Crippen LogP contribution in [0.1, 0.15) is 11.1 Å². The van der Waals surface area contributed by atoms with Gasteiger partial charge >= 0.3 is 0 Å². The predicted molar refractivity (Wildman–Crippen MR) is 99.5 cm³/mol. The van der Waals surface area contributed by atoms with Gasteiger partial charge in [0.2, 0.25) is 4.83 Å². The number of hydrogen-bond acceptors (Lipinski definition) is 3. The van der Waals surface area contributed by atoms with Crippen LogP contribution in [-0.4, -0.2) is 4.98 Å². The number of rotatable bonds is 0. The summed E-state index contributed by atoms with van der Waals surface area (Å²) < 4.78 is 8.37. The molecule has 2 aromatic carbocycles. The van der Waals surface area contributed by atoms with E-state index in [1.54, 1.807) is 0 Å². The average molecular weight is 344 g/mol. The van der Waals surface area contributed by atoms with Crippen molar-refractivity contribution in [3.05, 3.63) is 53.1 Å². The Morgan fingerprint density at radius 3 is 2.56 bits per heavy atom. The van der Waals surface area contributed by atoms with Crippen molar-refractivity contribution in [2.24, 2.45) is 7.05 Å². The second kappa shape index (κ2) is 4.78. The summed E-state index contributed by atoms with van der Waals surface area (Å²) in [5.41, 5.74) is 4.49. The molecule has 0 saturated heterocycles. The molecular weight excluding hydrogens is 330 g/mol. The highest BCUT2D eigenvalue weighted by atomic mass is 32.1. The van der Waals surface area contributed by atoms with Crippen molar-refractivity contribution in [1.29, 1.82) is 0 Å². The predicted octanol–water partition coefficient (Wildman–Crippen LogP) is 5.21. The van der Waals surface area contributed by atoms with E-state index in [1.807, 2.05) is 17.9 Å². The molecule has 0 atom stereocenters. The zero-order valence-corrected chi connectivity index (χ0v) is 14.9. The van der Waals surface area contributed by atoms with E-state index in [9.17, 15) is 0 Å². The van der Waals surface area contributed by atoms with Crippen LogP contribution in [0.3, 0.4) is 0 Å². The van der Waals surface area contributed by atoms with Gasteiger partial charge in [-0.1, -0.05) is 24.3 Å². The molecule has 1 aliphatic heterocycles. The SMILES string of the molecule is [C-]#[N+]c1sc2nc[n+](C)c3c2c1Oc1c-3c(C)c2ccccc2c1C. The molecule has 0 bridgehead atoms. The van der Waals surface area contributed by atoms with Crippen LogP contribution in [-0.2, 0) is 7.05 Å². The minimum absolute atomic E-state index is 0.561. The van der Waals surface area contributed by atoms with Crippen molar-refractivity contribution in [1.82, 2.24) is 4.98 Å². The van der Waals surface area contributed by atoms with E-state index < -0.39 is 0 Å². The number of ether oxygens (including phenoxy) is 1. The van der Waals surface area contributed by atoms with Crippen LogP contribution in [0.2, 0.25) is 0 Å². The van der Waals surface area contributed by atoms with Crippen LogP contribution in [0.25, 0.3) is 37.1 Å². The summed E-state index contributed by atoms with van der Waals surface area (Å²) in [6.45, 7) is 11.7. The standard InChI is InChI=1S/C20H14N3OS/c1-10-12-7-5-6-8-13(12)11(2)17-14(10)16-15-18(24-17)20(21-3)25-19(15)22-9-23(16)4/h5-9H,1-2,4H3/q+1. The van der Waals surface area contributed by atoms with Gasteiger partial charge in [0.15, 0.2) is 11.4 Å². The summed E-state index contributed by atoms with van der Waals surface area (Å²) in [7, 11) is 2.00. The molecule has 120 valence electrons. The molecule has 0 radical (unpaired) electrons. The lowest BCUT2D eigenvalue weighted by Gasteiger charge is -2.23. The van der Waals surface area contributed by atoms with Gasteiger partial charge in [0.05, 0.1) is 19.2 Å². The summed E-state index contributed by atoms with van der Waals surface area (Å²) in [4.78, 5) is 9.01. The van der Waals surface area contributed by atoms with Gasteiger partial charge in [-0.15, -0.1) is 11.3 Å². The lowest BCUT2D eigenvalue weighted by Crippen LogP contribution is -2.32. The third kappa shape index (κ3) is 1.70. The van der Waals surface area contributed by atoms with E-state index in [0.29, 0.717) is 10.8 Å². The van der Waals surface area contributed by atoms with Crippen LogP contribution < -0.4 is 9.30 Å². The van der Waals surface area contributed by atoms with Gasteiger partial charge in [0, 0.05) is 5.56 Å². The Morgan fingerprint density at radius 2 is 1.84 bits per heavy atom. The number of thiophene rings is 1. The van der Waals surface area contributed by atoms with Gasteiger partial charge in [0.1, 0.15) is 11.1 Å². The van der Waals surface area contributed by atoms with Gasteiger partial charge in [-0.25, -0.2) is 9.41 Å². The first-order chi connectivity index (χ1) is 12.1. The monoisotopic (exact) mass is 344 g/mol. The van der Waals surface area contributed by atoms with E-state index in [1.165, 1.54) is 27.7 Å². The number of fused-ring (bicyclic) bond motifs is 3. The maximum absolute atomic E-state index is 7.50. The third-order valence-electron chi connectivity index (χ3n) is 4.99. The fourth-order valence-corrected chi connectivity index (χ4v) is 4.66. The molecule has 0 N–H and O–H groups in total. The lowest BCUT2D eigenvalue weighted by atomic mass is 9.91. The maximum atomic E-state index is 7.50. The van der Waals surface area contributed by atoms with E-state index in [0.717, 1.165) is 32.8 Å². The molecule has 0 amide bonds. The first-order valence-electron chi connectivity index (χ1n) is 8.00. The second-order valence-corrected chi connectivity index (χ2v) is 7.31. The van der Waals surface area contributed by atoms with E-state index in [-0.39, 0.29) is 0 Å². The average Bonchev–Trinajstić information content (AvgIpc) is 3.00. The second-order valence-electron chi connectivity index (χ2n) is 6.33. The van der Waals surface area contributed by atoms with Crippen molar-refractivity contribution in [3.63, 3.8) is 0 Å². The Balaban J connectivity index is 2.05. The summed E-state index contributed by atoms with van der Waals surface area (Å²) >= 11 is 1.39. The van der Waals surface area contributed by atoms with Crippen molar-refractivity contribution < 1.29 is 9.30 Å². The molecule has 0 fully saturated rings. The first-order valence-corrected chi connectivity index (χ1v) is 8.82. The van der Waals surface area contributed by atoms with E-state index in [2.05, 4.69) is 47.9 Å². The molecule has 3 heterocycles. The Labute approximate surface area is 148 Å². The molecule has 0 unspecified atom stereocenters. The third-order valence-corrected chi connectivity index (χ3v) is 5.96. The van der Waals surface area contributed by atoms with Crippen molar-refractivity contribution in [2.45, 2.75) is 13.8 Å². The smallest absolute Gasteiger partial charge is 0.288 e. The fourth-order valence-electron chi connectivity index (χ4n) is 3.80. The topological polar surface area (TPSA) is 30.4 Å². The molecule has 2 aromatic heterocycles. The van der Waals surface area contributed by atoms with Gasteiger partial charge in [-0.3, -0.25) is 0 Å². The minimum Gasteiger partial charge on any atom is -0.465 e. The largest absolute Gasteiger partial charge is 0.465 e. The first kappa shape index (κ1) is 14.4. The van der Waals surface area contributed by atoms with Gasteiger partial charge in [0.25, 0.3) is 11.3 Å². The molecule has 4 aromatic rings. The van der Waals surface area contributed by atoms with Crippen molar-refractivity contribution in [2.75, 3.05) is 0 Å². The summed E-state index contributed by atoms with van der Waals surface area (Å²) in [5.74, 6) is 1.51. The number of nitrogens with zero attached hydrogens (tertiary/aromatic N) is 3. The summed E-state index contributed by atoms with van der Waals surface area (Å²) in [6, 6.07) is 8.40.